The van der Waals surface area contributed by atoms with Gasteiger partial charge in [-0.1, -0.05) is 12.1 Å². The normalized spacial score (nSPS) is 21.5. The predicted octanol–water partition coefficient (Wildman–Crippen LogP) is 2.69. The molecular formula is C16H21NO5. The van der Waals surface area contributed by atoms with Crippen LogP contribution in [0.3, 0.4) is 0 Å². The first-order chi connectivity index (χ1) is 10.6. The first-order valence-electron chi connectivity index (χ1n) is 7.36. The molecule has 1 aromatic carbocycles. The second kappa shape index (κ2) is 7.26. The van der Waals surface area contributed by atoms with Gasteiger partial charge in [0.05, 0.1) is 24.8 Å². The van der Waals surface area contributed by atoms with Gasteiger partial charge in [-0.05, 0) is 37.5 Å². The van der Waals surface area contributed by atoms with Gasteiger partial charge < -0.3 is 19.5 Å². The van der Waals surface area contributed by atoms with E-state index < -0.39 is 12.1 Å². The molecule has 6 nitrogen and oxygen atoms in total. The van der Waals surface area contributed by atoms with Gasteiger partial charge in [0.1, 0.15) is 0 Å². The molecule has 0 saturated carbocycles. The number of rotatable bonds is 4. The molecule has 1 aliphatic heterocycles. The third-order valence-electron chi connectivity index (χ3n) is 3.92. The Hall–Kier alpha value is -2.08. The molecule has 6 heteroatoms. The van der Waals surface area contributed by atoms with E-state index in [2.05, 4.69) is 4.74 Å². The maximum atomic E-state index is 11.5. The smallest absolute Gasteiger partial charge is 0.407 e. The van der Waals surface area contributed by atoms with E-state index in [0.29, 0.717) is 31.6 Å². The van der Waals surface area contributed by atoms with Crippen molar-refractivity contribution in [3.05, 3.63) is 35.4 Å². The summed E-state index contributed by atoms with van der Waals surface area (Å²) >= 11 is 0. The third kappa shape index (κ3) is 3.57. The topological polar surface area (TPSA) is 76.1 Å². The number of carboxylic acid groups (broad SMARTS) is 1. The Labute approximate surface area is 129 Å². The monoisotopic (exact) mass is 307 g/mol. The number of carbonyl (C=O) groups is 2. The van der Waals surface area contributed by atoms with Gasteiger partial charge in [-0.15, -0.1) is 0 Å². The molecule has 120 valence electrons. The summed E-state index contributed by atoms with van der Waals surface area (Å²) in [7, 11) is 1.33. The Morgan fingerprint density at radius 3 is 2.55 bits per heavy atom. The number of methoxy groups -OCH3 is 1. The molecule has 1 fully saturated rings. The van der Waals surface area contributed by atoms with E-state index in [4.69, 9.17) is 4.74 Å². The zero-order valence-corrected chi connectivity index (χ0v) is 12.8. The summed E-state index contributed by atoms with van der Waals surface area (Å²) < 4.78 is 10.3. The van der Waals surface area contributed by atoms with E-state index >= 15 is 0 Å². The number of amides is 1. The molecule has 2 atom stereocenters. The summed E-state index contributed by atoms with van der Waals surface area (Å²) in [6, 6.07) is 6.62. The minimum atomic E-state index is -0.933. The molecule has 1 saturated heterocycles. The van der Waals surface area contributed by atoms with Gasteiger partial charge in [0.25, 0.3) is 0 Å². The molecule has 1 amide bonds. The third-order valence-corrected chi connectivity index (χ3v) is 3.92. The molecular weight excluding hydrogens is 286 g/mol. The van der Waals surface area contributed by atoms with Crippen LogP contribution in [0.5, 0.6) is 0 Å². The second-order valence-corrected chi connectivity index (χ2v) is 5.21. The Balaban J connectivity index is 2.20. The molecule has 1 aromatic rings. The van der Waals surface area contributed by atoms with Crippen molar-refractivity contribution < 1.29 is 24.2 Å². The molecule has 0 bridgehead atoms. The fourth-order valence-corrected chi connectivity index (χ4v) is 2.82. The number of carbonyl (C=O) groups excluding carboxylic acids is 1. The van der Waals surface area contributed by atoms with E-state index in [1.54, 1.807) is 24.3 Å². The Morgan fingerprint density at radius 2 is 2.00 bits per heavy atom. The number of ether oxygens (including phenoxy) is 2. The SMILES string of the molecule is CCOC1CCN(C(=O)O)C(c2ccc(C(=O)OC)cc2)C1. The molecule has 2 unspecified atom stereocenters. The highest BCUT2D eigenvalue weighted by Gasteiger charge is 2.32. The summed E-state index contributed by atoms with van der Waals surface area (Å²) in [5.74, 6) is -0.405. The van der Waals surface area contributed by atoms with E-state index in [-0.39, 0.29) is 12.1 Å². The fourth-order valence-electron chi connectivity index (χ4n) is 2.82. The van der Waals surface area contributed by atoms with E-state index in [1.807, 2.05) is 6.92 Å². The van der Waals surface area contributed by atoms with Crippen LogP contribution in [-0.2, 0) is 9.47 Å². The Bertz CT molecular complexity index is 528. The van der Waals surface area contributed by atoms with Gasteiger partial charge in [-0.2, -0.15) is 0 Å². The van der Waals surface area contributed by atoms with Crippen LogP contribution in [0.4, 0.5) is 4.79 Å². The highest BCUT2D eigenvalue weighted by molar-refractivity contribution is 5.89. The molecule has 0 spiro atoms. The minimum Gasteiger partial charge on any atom is -0.465 e. The van der Waals surface area contributed by atoms with E-state index in [1.165, 1.54) is 12.0 Å². The molecule has 0 aliphatic carbocycles. The summed E-state index contributed by atoms with van der Waals surface area (Å²) in [5, 5.41) is 9.38. The standard InChI is InChI=1S/C16H21NO5/c1-3-22-13-8-9-17(16(19)20)14(10-13)11-4-6-12(7-5-11)15(18)21-2/h4-7,13-14H,3,8-10H2,1-2H3,(H,19,20). The molecule has 0 aromatic heterocycles. The number of hydrogen-bond donors (Lipinski definition) is 1. The van der Waals surface area contributed by atoms with Crippen molar-refractivity contribution in [1.29, 1.82) is 0 Å². The van der Waals surface area contributed by atoms with E-state index in [9.17, 15) is 14.7 Å². The molecule has 1 heterocycles. The van der Waals surface area contributed by atoms with Crippen LogP contribution in [0.1, 0.15) is 41.7 Å². The van der Waals surface area contributed by atoms with Gasteiger partial charge in [0.2, 0.25) is 0 Å². The van der Waals surface area contributed by atoms with Crippen molar-refractivity contribution in [2.75, 3.05) is 20.3 Å². The van der Waals surface area contributed by atoms with Crippen LogP contribution in [-0.4, -0.2) is 48.4 Å². The zero-order chi connectivity index (χ0) is 16.1. The molecule has 0 radical (unpaired) electrons. The maximum Gasteiger partial charge on any atom is 0.407 e. The zero-order valence-electron chi connectivity index (χ0n) is 12.8. The average Bonchev–Trinajstić information content (AvgIpc) is 2.54. The van der Waals surface area contributed by atoms with Crippen LogP contribution in [0.15, 0.2) is 24.3 Å². The van der Waals surface area contributed by atoms with Crippen LogP contribution >= 0.6 is 0 Å². The summed E-state index contributed by atoms with van der Waals surface area (Å²) in [6.07, 6.45) is 0.456. The predicted molar refractivity (Wildman–Crippen MR) is 79.9 cm³/mol. The average molecular weight is 307 g/mol. The number of esters is 1. The molecule has 1 N–H and O–H groups in total. The first kappa shape index (κ1) is 16.3. The van der Waals surface area contributed by atoms with Gasteiger partial charge >= 0.3 is 12.1 Å². The highest BCUT2D eigenvalue weighted by atomic mass is 16.5. The fraction of sp³-hybridized carbons (Fsp3) is 0.500. The van der Waals surface area contributed by atoms with E-state index in [0.717, 1.165) is 5.56 Å². The van der Waals surface area contributed by atoms with Crippen molar-refractivity contribution in [2.45, 2.75) is 31.9 Å². The summed E-state index contributed by atoms with van der Waals surface area (Å²) in [5.41, 5.74) is 1.31. The first-order valence-corrected chi connectivity index (χ1v) is 7.36. The van der Waals surface area contributed by atoms with Crippen molar-refractivity contribution >= 4 is 12.1 Å². The lowest BCUT2D eigenvalue weighted by Crippen LogP contribution is -2.42. The van der Waals surface area contributed by atoms with Crippen molar-refractivity contribution in [3.8, 4) is 0 Å². The number of nitrogens with zero attached hydrogens (tertiary/aromatic N) is 1. The van der Waals surface area contributed by atoms with Crippen molar-refractivity contribution in [1.82, 2.24) is 4.90 Å². The minimum absolute atomic E-state index is 0.0610. The summed E-state index contributed by atoms with van der Waals surface area (Å²) in [4.78, 5) is 24.3. The van der Waals surface area contributed by atoms with Crippen LogP contribution in [0.2, 0.25) is 0 Å². The lowest BCUT2D eigenvalue weighted by Gasteiger charge is -2.37. The van der Waals surface area contributed by atoms with Gasteiger partial charge in [-0.25, -0.2) is 9.59 Å². The second-order valence-electron chi connectivity index (χ2n) is 5.21. The molecule has 1 aliphatic rings. The van der Waals surface area contributed by atoms with Crippen molar-refractivity contribution in [2.24, 2.45) is 0 Å². The van der Waals surface area contributed by atoms with Gasteiger partial charge in [0, 0.05) is 13.2 Å². The number of piperidine rings is 1. The number of benzene rings is 1. The van der Waals surface area contributed by atoms with Crippen LogP contribution < -0.4 is 0 Å². The number of hydrogen-bond acceptors (Lipinski definition) is 4. The van der Waals surface area contributed by atoms with Crippen LogP contribution in [0.25, 0.3) is 0 Å². The highest BCUT2D eigenvalue weighted by Crippen LogP contribution is 2.32. The molecule has 22 heavy (non-hydrogen) atoms. The largest absolute Gasteiger partial charge is 0.465 e. The summed E-state index contributed by atoms with van der Waals surface area (Å²) in [6.45, 7) is 3.00. The molecule has 2 rings (SSSR count). The van der Waals surface area contributed by atoms with Gasteiger partial charge in [0.15, 0.2) is 0 Å². The van der Waals surface area contributed by atoms with Crippen molar-refractivity contribution in [3.63, 3.8) is 0 Å². The quantitative estimate of drug-likeness (QED) is 0.866. The Morgan fingerprint density at radius 1 is 1.32 bits per heavy atom. The van der Waals surface area contributed by atoms with Gasteiger partial charge in [-0.3, -0.25) is 0 Å². The maximum absolute atomic E-state index is 11.5. The Kier molecular flexibility index (Phi) is 5.38. The van der Waals surface area contributed by atoms with Crippen LogP contribution in [0, 0.1) is 0 Å². The number of likely N-dealkylation sites (tertiary alicyclic amines) is 1. The lowest BCUT2D eigenvalue weighted by atomic mass is 9.93. The lowest BCUT2D eigenvalue weighted by molar-refractivity contribution is -0.00595.